The fraction of sp³-hybridized carbons (Fsp3) is 0.667. The smallest absolute Gasteiger partial charge is 0.333 e. The Hall–Kier alpha value is -1.62. The summed E-state index contributed by atoms with van der Waals surface area (Å²) in [6, 6.07) is 0.409. The number of nitrogens with zero attached hydrogens (tertiary/aromatic N) is 1. The molecule has 5 heteroatoms. The predicted molar refractivity (Wildman–Crippen MR) is 87.8 cm³/mol. The number of carbonyl (C=O) groups is 2. The van der Waals surface area contributed by atoms with Gasteiger partial charge in [-0.15, -0.1) is 0 Å². The lowest BCUT2D eigenvalue weighted by Gasteiger charge is -2.36. The van der Waals surface area contributed by atoms with Crippen molar-refractivity contribution in [1.82, 2.24) is 4.90 Å². The molecular weight excluding hydrogens is 294 g/mol. The van der Waals surface area contributed by atoms with Gasteiger partial charge in [0.25, 0.3) is 0 Å². The highest BCUT2D eigenvalue weighted by Crippen LogP contribution is 2.37. The summed E-state index contributed by atoms with van der Waals surface area (Å²) in [4.78, 5) is 26.2. The molecule has 0 aromatic carbocycles. The summed E-state index contributed by atoms with van der Waals surface area (Å²) in [5.41, 5.74) is 1.25. The molecule has 0 saturated carbocycles. The minimum absolute atomic E-state index is 0.102. The highest BCUT2D eigenvalue weighted by Gasteiger charge is 2.47. The van der Waals surface area contributed by atoms with Gasteiger partial charge in [-0.1, -0.05) is 12.2 Å². The standard InChI is InChI=1S/C18H27NO4/c1-6-11(3)17(20)22-14-8-13-9-16(15(10-14)19(13)5)23-18(21)12(4)7-2/h6-7,13-16H,8-10H2,1-5H3/b11-6+,12-7+/t13-,14-,15+,16-/m0/s1. The molecule has 2 aliphatic heterocycles. The van der Waals surface area contributed by atoms with E-state index in [1.807, 2.05) is 13.8 Å². The van der Waals surface area contributed by atoms with Crippen molar-refractivity contribution in [2.75, 3.05) is 7.05 Å². The number of likely N-dealkylation sites (N-methyl/N-ethyl adjacent to an activating group) is 1. The van der Waals surface area contributed by atoms with Crippen LogP contribution in [-0.4, -0.2) is 48.2 Å². The molecule has 2 aliphatic rings. The van der Waals surface area contributed by atoms with E-state index in [1.165, 1.54) is 0 Å². The summed E-state index contributed by atoms with van der Waals surface area (Å²) >= 11 is 0. The molecule has 0 aromatic rings. The monoisotopic (exact) mass is 321 g/mol. The van der Waals surface area contributed by atoms with Crippen LogP contribution in [0.3, 0.4) is 0 Å². The zero-order valence-corrected chi connectivity index (χ0v) is 14.7. The molecule has 5 nitrogen and oxygen atoms in total. The van der Waals surface area contributed by atoms with Crippen molar-refractivity contribution in [2.45, 2.75) is 71.2 Å². The van der Waals surface area contributed by atoms with Crippen LogP contribution in [-0.2, 0) is 19.1 Å². The van der Waals surface area contributed by atoms with Crippen molar-refractivity contribution in [3.63, 3.8) is 0 Å². The maximum atomic E-state index is 12.0. The van der Waals surface area contributed by atoms with Crippen LogP contribution >= 0.6 is 0 Å². The quantitative estimate of drug-likeness (QED) is 0.588. The van der Waals surface area contributed by atoms with E-state index < -0.39 is 0 Å². The third kappa shape index (κ3) is 3.83. The molecule has 2 heterocycles. The number of hydrogen-bond donors (Lipinski definition) is 0. The van der Waals surface area contributed by atoms with Gasteiger partial charge in [0.15, 0.2) is 0 Å². The summed E-state index contributed by atoms with van der Waals surface area (Å²) in [7, 11) is 2.06. The molecule has 2 bridgehead atoms. The van der Waals surface area contributed by atoms with Gasteiger partial charge >= 0.3 is 11.9 Å². The zero-order chi connectivity index (χ0) is 17.1. The molecule has 2 saturated heterocycles. The molecule has 4 atom stereocenters. The fourth-order valence-electron chi connectivity index (χ4n) is 3.31. The Morgan fingerprint density at radius 2 is 1.52 bits per heavy atom. The van der Waals surface area contributed by atoms with E-state index >= 15 is 0 Å². The number of piperidine rings is 1. The molecule has 0 aliphatic carbocycles. The lowest BCUT2D eigenvalue weighted by molar-refractivity contribution is -0.151. The van der Waals surface area contributed by atoms with Crippen molar-refractivity contribution in [1.29, 1.82) is 0 Å². The molecule has 23 heavy (non-hydrogen) atoms. The number of rotatable bonds is 4. The van der Waals surface area contributed by atoms with Gasteiger partial charge < -0.3 is 9.47 Å². The molecule has 0 amide bonds. The minimum atomic E-state index is -0.253. The normalized spacial score (nSPS) is 31.9. The Morgan fingerprint density at radius 1 is 0.957 bits per heavy atom. The van der Waals surface area contributed by atoms with E-state index in [-0.39, 0.29) is 30.2 Å². The van der Waals surface area contributed by atoms with Crippen LogP contribution < -0.4 is 0 Å². The molecule has 0 spiro atoms. The van der Waals surface area contributed by atoms with Gasteiger partial charge in [0, 0.05) is 36.5 Å². The summed E-state index contributed by atoms with van der Waals surface area (Å²) in [6.45, 7) is 7.18. The van der Waals surface area contributed by atoms with Crippen molar-refractivity contribution in [3.8, 4) is 0 Å². The van der Waals surface area contributed by atoms with E-state index in [4.69, 9.17) is 9.47 Å². The molecule has 0 unspecified atom stereocenters. The van der Waals surface area contributed by atoms with Gasteiger partial charge in [0.05, 0.1) is 6.04 Å². The fourth-order valence-corrected chi connectivity index (χ4v) is 3.31. The van der Waals surface area contributed by atoms with E-state index in [0.29, 0.717) is 23.6 Å². The highest BCUT2D eigenvalue weighted by atomic mass is 16.6. The average molecular weight is 321 g/mol. The summed E-state index contributed by atoms with van der Waals surface area (Å²) < 4.78 is 11.3. The first-order chi connectivity index (χ1) is 10.9. The van der Waals surface area contributed by atoms with Crippen molar-refractivity contribution >= 4 is 11.9 Å². The Kier molecular flexibility index (Phi) is 5.63. The van der Waals surface area contributed by atoms with Crippen LogP contribution in [0.4, 0.5) is 0 Å². The Morgan fingerprint density at radius 3 is 2.09 bits per heavy atom. The first-order valence-electron chi connectivity index (χ1n) is 8.27. The Balaban J connectivity index is 2.00. The molecule has 128 valence electrons. The summed E-state index contributed by atoms with van der Waals surface area (Å²) in [6.07, 6.45) is 5.61. The number of fused-ring (bicyclic) bond motifs is 2. The van der Waals surface area contributed by atoms with E-state index in [9.17, 15) is 9.59 Å². The van der Waals surface area contributed by atoms with Gasteiger partial charge in [-0.2, -0.15) is 0 Å². The molecule has 2 fully saturated rings. The minimum Gasteiger partial charge on any atom is -0.459 e. The second-order valence-electron chi connectivity index (χ2n) is 6.51. The Labute approximate surface area is 138 Å². The number of hydrogen-bond acceptors (Lipinski definition) is 5. The highest BCUT2D eigenvalue weighted by molar-refractivity contribution is 5.88. The Bertz CT molecular complexity index is 535. The molecule has 2 rings (SSSR count). The van der Waals surface area contributed by atoms with E-state index in [0.717, 1.165) is 12.8 Å². The molecular formula is C18H27NO4. The van der Waals surface area contributed by atoms with Crippen LogP contribution in [0.5, 0.6) is 0 Å². The summed E-state index contributed by atoms with van der Waals surface area (Å²) in [5.74, 6) is -0.503. The molecule has 0 N–H and O–H groups in total. The first kappa shape index (κ1) is 17.7. The van der Waals surface area contributed by atoms with Gasteiger partial charge in [-0.3, -0.25) is 4.90 Å². The van der Waals surface area contributed by atoms with Crippen LogP contribution in [0.15, 0.2) is 23.3 Å². The van der Waals surface area contributed by atoms with Crippen LogP contribution in [0.25, 0.3) is 0 Å². The van der Waals surface area contributed by atoms with Crippen molar-refractivity contribution < 1.29 is 19.1 Å². The van der Waals surface area contributed by atoms with Crippen LogP contribution in [0.2, 0.25) is 0 Å². The van der Waals surface area contributed by atoms with Gasteiger partial charge in [-0.25, -0.2) is 9.59 Å². The number of esters is 2. The van der Waals surface area contributed by atoms with E-state index in [2.05, 4.69) is 11.9 Å². The second-order valence-corrected chi connectivity index (χ2v) is 6.51. The number of ether oxygens (including phenoxy) is 2. The topological polar surface area (TPSA) is 55.8 Å². The largest absolute Gasteiger partial charge is 0.459 e. The third-order valence-corrected chi connectivity index (χ3v) is 5.11. The van der Waals surface area contributed by atoms with Gasteiger partial charge in [0.1, 0.15) is 12.2 Å². The lowest BCUT2D eigenvalue weighted by Crippen LogP contribution is -2.46. The average Bonchev–Trinajstić information content (AvgIpc) is 2.72. The van der Waals surface area contributed by atoms with Crippen LogP contribution in [0, 0.1) is 0 Å². The van der Waals surface area contributed by atoms with Crippen molar-refractivity contribution in [2.24, 2.45) is 0 Å². The number of allylic oxidation sites excluding steroid dienone is 2. The van der Waals surface area contributed by atoms with E-state index in [1.54, 1.807) is 26.0 Å². The number of carbonyl (C=O) groups excluding carboxylic acids is 2. The zero-order valence-electron chi connectivity index (χ0n) is 14.7. The maximum absolute atomic E-state index is 12.0. The van der Waals surface area contributed by atoms with Crippen LogP contribution in [0.1, 0.15) is 47.0 Å². The van der Waals surface area contributed by atoms with Crippen molar-refractivity contribution in [3.05, 3.63) is 23.3 Å². The second kappa shape index (κ2) is 7.30. The lowest BCUT2D eigenvalue weighted by atomic mass is 10.00. The predicted octanol–water partition coefficient (Wildman–Crippen LogP) is 2.61. The van der Waals surface area contributed by atoms with Gasteiger partial charge in [0.2, 0.25) is 0 Å². The third-order valence-electron chi connectivity index (χ3n) is 5.11. The first-order valence-corrected chi connectivity index (χ1v) is 8.27. The maximum Gasteiger partial charge on any atom is 0.333 e. The SMILES string of the molecule is C/C=C(\C)C(=O)O[C@H]1C[C@H]2C[C@H](OC(=O)/C(C)=C/C)[C@@H](C1)N2C. The molecule has 0 radical (unpaired) electrons. The van der Waals surface area contributed by atoms with Gasteiger partial charge in [-0.05, 0) is 34.7 Å². The summed E-state index contributed by atoms with van der Waals surface area (Å²) in [5, 5.41) is 0. The molecule has 0 aromatic heterocycles.